The van der Waals surface area contributed by atoms with Crippen molar-refractivity contribution in [3.8, 4) is 0 Å². The Bertz CT molecular complexity index is 137. The molecule has 13 heavy (non-hydrogen) atoms. The normalized spacial score (nSPS) is 12.8. The summed E-state index contributed by atoms with van der Waals surface area (Å²) in [5, 5.41) is 10.3. The molecule has 0 aromatic heterocycles. The van der Waals surface area contributed by atoms with Gasteiger partial charge in [0.05, 0.1) is 0 Å². The molecule has 1 atom stereocenters. The molecule has 0 heterocycles. The predicted octanol–water partition coefficient (Wildman–Crippen LogP) is 3.26. The van der Waals surface area contributed by atoms with E-state index in [9.17, 15) is 10.1 Å². The van der Waals surface area contributed by atoms with Crippen LogP contribution in [0.25, 0.3) is 0 Å². The number of rotatable bonds is 8. The maximum Gasteiger partial charge on any atom is 0.206 e. The maximum absolute atomic E-state index is 10.3. The van der Waals surface area contributed by atoms with Crippen LogP contribution in [0.1, 0.15) is 52.4 Å². The molecule has 0 spiro atoms. The van der Waals surface area contributed by atoms with Gasteiger partial charge in [0.25, 0.3) is 0 Å². The summed E-state index contributed by atoms with van der Waals surface area (Å²) < 4.78 is 0. The molecule has 0 aliphatic heterocycles. The van der Waals surface area contributed by atoms with Gasteiger partial charge in [0.2, 0.25) is 6.54 Å². The van der Waals surface area contributed by atoms with Crippen molar-refractivity contribution in [2.24, 2.45) is 5.92 Å². The van der Waals surface area contributed by atoms with Gasteiger partial charge in [0.15, 0.2) is 0 Å². The van der Waals surface area contributed by atoms with Crippen LogP contribution in [0.3, 0.4) is 0 Å². The molecule has 0 saturated carbocycles. The summed E-state index contributed by atoms with van der Waals surface area (Å²) in [7, 11) is 0. The van der Waals surface area contributed by atoms with Crippen molar-refractivity contribution in [1.29, 1.82) is 0 Å². The summed E-state index contributed by atoms with van der Waals surface area (Å²) in [5.41, 5.74) is 0. The van der Waals surface area contributed by atoms with Crippen molar-refractivity contribution in [3.05, 3.63) is 10.1 Å². The van der Waals surface area contributed by atoms with Crippen LogP contribution in [-0.4, -0.2) is 11.5 Å². The number of unbranched alkanes of at least 4 members (excludes halogenated alkanes) is 3. The highest BCUT2D eigenvalue weighted by atomic mass is 16.6. The molecule has 0 radical (unpaired) electrons. The molecule has 0 aliphatic rings. The van der Waals surface area contributed by atoms with Crippen molar-refractivity contribution >= 4 is 0 Å². The van der Waals surface area contributed by atoms with E-state index >= 15 is 0 Å². The van der Waals surface area contributed by atoms with Gasteiger partial charge in [-0.15, -0.1) is 0 Å². The fraction of sp³-hybridized carbons (Fsp3) is 1.00. The molecule has 0 aromatic carbocycles. The number of hydrogen-bond donors (Lipinski definition) is 0. The van der Waals surface area contributed by atoms with Crippen molar-refractivity contribution in [2.45, 2.75) is 52.4 Å². The van der Waals surface area contributed by atoms with Gasteiger partial charge >= 0.3 is 0 Å². The molecule has 0 rings (SSSR count). The first-order valence-electron chi connectivity index (χ1n) is 5.32. The summed E-state index contributed by atoms with van der Waals surface area (Å²) in [4.78, 5) is 10.1. The molecule has 3 nitrogen and oxygen atoms in total. The van der Waals surface area contributed by atoms with Crippen LogP contribution < -0.4 is 0 Å². The maximum atomic E-state index is 10.3. The molecular formula is C10H21NO2. The average molecular weight is 187 g/mol. The van der Waals surface area contributed by atoms with Gasteiger partial charge < -0.3 is 0 Å². The molecule has 0 aromatic rings. The monoisotopic (exact) mass is 187 g/mol. The van der Waals surface area contributed by atoms with Crippen LogP contribution in [0.4, 0.5) is 0 Å². The lowest BCUT2D eigenvalue weighted by molar-refractivity contribution is -0.488. The lowest BCUT2D eigenvalue weighted by atomic mass is 9.98. The van der Waals surface area contributed by atoms with E-state index in [1.165, 1.54) is 19.3 Å². The van der Waals surface area contributed by atoms with E-state index in [0.717, 1.165) is 19.3 Å². The van der Waals surface area contributed by atoms with Crippen molar-refractivity contribution in [3.63, 3.8) is 0 Å². The Morgan fingerprint density at radius 2 is 1.92 bits per heavy atom. The van der Waals surface area contributed by atoms with Crippen LogP contribution in [0.2, 0.25) is 0 Å². The summed E-state index contributed by atoms with van der Waals surface area (Å²) in [6.07, 6.45) is 6.83. The second kappa shape index (κ2) is 8.02. The third-order valence-corrected chi connectivity index (χ3v) is 2.45. The SMILES string of the molecule is CCCCCC[C@@H](CC)C[N+](=O)[O-]. The summed E-state index contributed by atoms with van der Waals surface area (Å²) in [6, 6.07) is 0. The van der Waals surface area contributed by atoms with E-state index in [0.29, 0.717) is 5.92 Å². The first kappa shape index (κ1) is 12.4. The molecule has 0 unspecified atom stereocenters. The van der Waals surface area contributed by atoms with Crippen molar-refractivity contribution < 1.29 is 4.92 Å². The highest BCUT2D eigenvalue weighted by Crippen LogP contribution is 2.14. The van der Waals surface area contributed by atoms with Crippen LogP contribution in [0.5, 0.6) is 0 Å². The zero-order valence-electron chi connectivity index (χ0n) is 8.79. The van der Waals surface area contributed by atoms with Gasteiger partial charge in [0, 0.05) is 10.8 Å². The molecule has 0 N–H and O–H groups in total. The fourth-order valence-electron chi connectivity index (χ4n) is 1.50. The smallest absolute Gasteiger partial charge is 0.206 e. The van der Waals surface area contributed by atoms with E-state index in [-0.39, 0.29) is 11.5 Å². The highest BCUT2D eigenvalue weighted by molar-refractivity contribution is 4.55. The Balaban J connectivity index is 3.42. The van der Waals surface area contributed by atoms with E-state index in [1.54, 1.807) is 0 Å². The number of nitro groups is 1. The van der Waals surface area contributed by atoms with Gasteiger partial charge in [-0.1, -0.05) is 39.5 Å². The third kappa shape index (κ3) is 7.75. The van der Waals surface area contributed by atoms with Gasteiger partial charge in [-0.05, 0) is 12.8 Å². The van der Waals surface area contributed by atoms with Crippen LogP contribution >= 0.6 is 0 Å². The molecule has 0 saturated heterocycles. The van der Waals surface area contributed by atoms with E-state index in [2.05, 4.69) is 6.92 Å². The first-order valence-corrected chi connectivity index (χ1v) is 5.32. The van der Waals surface area contributed by atoms with Gasteiger partial charge in [-0.25, -0.2) is 0 Å². The zero-order chi connectivity index (χ0) is 10.1. The van der Waals surface area contributed by atoms with Gasteiger partial charge in [0.1, 0.15) is 0 Å². The van der Waals surface area contributed by atoms with Gasteiger partial charge in [-0.2, -0.15) is 0 Å². The second-order valence-corrected chi connectivity index (χ2v) is 3.64. The Morgan fingerprint density at radius 1 is 1.23 bits per heavy atom. The molecule has 0 aliphatic carbocycles. The summed E-state index contributed by atoms with van der Waals surface area (Å²) >= 11 is 0. The Kier molecular flexibility index (Phi) is 7.65. The largest absolute Gasteiger partial charge is 0.265 e. The molecule has 3 heteroatoms. The topological polar surface area (TPSA) is 43.1 Å². The lowest BCUT2D eigenvalue weighted by Crippen LogP contribution is -2.13. The zero-order valence-corrected chi connectivity index (χ0v) is 8.79. The first-order chi connectivity index (χ1) is 6.20. The Labute approximate surface area is 80.7 Å². The molecular weight excluding hydrogens is 166 g/mol. The molecule has 0 amide bonds. The summed E-state index contributed by atoms with van der Waals surface area (Å²) in [5.74, 6) is 0.298. The minimum Gasteiger partial charge on any atom is -0.265 e. The van der Waals surface area contributed by atoms with Crippen LogP contribution in [0, 0.1) is 16.0 Å². The average Bonchev–Trinajstić information content (AvgIpc) is 2.09. The molecule has 78 valence electrons. The highest BCUT2D eigenvalue weighted by Gasteiger charge is 2.11. The molecule has 0 fully saturated rings. The van der Waals surface area contributed by atoms with Crippen LogP contribution in [0.15, 0.2) is 0 Å². The standard InChI is InChI=1S/C10H21NO2/c1-3-5-6-7-8-10(4-2)9-11(12)13/h10H,3-9H2,1-2H3/t10-/m1/s1. The minimum absolute atomic E-state index is 0.155. The molecule has 0 bridgehead atoms. The van der Waals surface area contributed by atoms with Crippen LogP contribution in [-0.2, 0) is 0 Å². The van der Waals surface area contributed by atoms with E-state index < -0.39 is 0 Å². The predicted molar refractivity (Wildman–Crippen MR) is 54.4 cm³/mol. The van der Waals surface area contributed by atoms with E-state index in [4.69, 9.17) is 0 Å². The lowest BCUT2D eigenvalue weighted by Gasteiger charge is -2.08. The van der Waals surface area contributed by atoms with E-state index in [1.807, 2.05) is 6.92 Å². The fourth-order valence-corrected chi connectivity index (χ4v) is 1.50. The van der Waals surface area contributed by atoms with Crippen molar-refractivity contribution in [1.82, 2.24) is 0 Å². The second-order valence-electron chi connectivity index (χ2n) is 3.64. The number of nitrogens with zero attached hydrogens (tertiary/aromatic N) is 1. The van der Waals surface area contributed by atoms with Gasteiger partial charge in [-0.3, -0.25) is 10.1 Å². The number of hydrogen-bond acceptors (Lipinski definition) is 2. The summed E-state index contributed by atoms with van der Waals surface area (Å²) in [6.45, 7) is 4.37. The Hall–Kier alpha value is -0.600. The minimum atomic E-state index is -0.187. The van der Waals surface area contributed by atoms with Crippen molar-refractivity contribution in [2.75, 3.05) is 6.54 Å². The third-order valence-electron chi connectivity index (χ3n) is 2.45. The Morgan fingerprint density at radius 3 is 2.38 bits per heavy atom. The quantitative estimate of drug-likeness (QED) is 0.332.